The number of hydrazine groups is 1. The van der Waals surface area contributed by atoms with Crippen molar-refractivity contribution in [3.05, 3.63) is 54.0 Å². The number of benzene rings is 1. The maximum atomic E-state index is 12.2. The van der Waals surface area contributed by atoms with Gasteiger partial charge in [0.25, 0.3) is 0 Å². The van der Waals surface area contributed by atoms with Crippen LogP contribution in [0, 0.1) is 0 Å². The zero-order valence-corrected chi connectivity index (χ0v) is 9.65. The molecule has 0 aliphatic rings. The molecule has 7 heteroatoms. The lowest BCUT2D eigenvalue weighted by atomic mass is 10.0. The molecule has 0 aliphatic carbocycles. The summed E-state index contributed by atoms with van der Waals surface area (Å²) in [5.74, 6) is 5.12. The Hall–Kier alpha value is -1.99. The van der Waals surface area contributed by atoms with Gasteiger partial charge >= 0.3 is 6.36 Å². The fourth-order valence-electron chi connectivity index (χ4n) is 1.72. The van der Waals surface area contributed by atoms with Gasteiger partial charge in [0.2, 0.25) is 0 Å². The van der Waals surface area contributed by atoms with Crippen molar-refractivity contribution < 1.29 is 22.3 Å². The van der Waals surface area contributed by atoms with Crippen molar-refractivity contribution in [2.24, 2.45) is 5.84 Å². The van der Waals surface area contributed by atoms with Crippen molar-refractivity contribution in [3.8, 4) is 5.75 Å². The van der Waals surface area contributed by atoms with Crippen LogP contribution in [0.1, 0.15) is 17.2 Å². The second-order valence-electron chi connectivity index (χ2n) is 3.78. The Bertz CT molecular complexity index is 526. The van der Waals surface area contributed by atoms with E-state index in [1.807, 2.05) is 0 Å². The molecule has 0 saturated carbocycles. The highest BCUT2D eigenvalue weighted by Crippen LogP contribution is 2.28. The van der Waals surface area contributed by atoms with Gasteiger partial charge in [0.15, 0.2) is 0 Å². The summed E-state index contributed by atoms with van der Waals surface area (Å²) in [5.41, 5.74) is 3.75. The summed E-state index contributed by atoms with van der Waals surface area (Å²) in [5, 5.41) is 0. The molecule has 2 aromatic rings. The summed E-state index contributed by atoms with van der Waals surface area (Å²) in [6, 6.07) is 6.78. The first kappa shape index (κ1) is 13.4. The largest absolute Gasteiger partial charge is 0.573 e. The molecule has 3 N–H and O–H groups in total. The van der Waals surface area contributed by atoms with Crippen LogP contribution in [0.15, 0.2) is 47.3 Å². The molecule has 1 aromatic heterocycles. The van der Waals surface area contributed by atoms with E-state index >= 15 is 0 Å². The molecule has 0 saturated heterocycles. The smallest absolute Gasteiger partial charge is 0.472 e. The van der Waals surface area contributed by atoms with E-state index in [9.17, 15) is 13.2 Å². The average Bonchev–Trinajstić information content (AvgIpc) is 2.82. The number of hydrogen-bond donors (Lipinski definition) is 2. The van der Waals surface area contributed by atoms with Crippen LogP contribution in [0.25, 0.3) is 0 Å². The molecule has 0 aliphatic heterocycles. The minimum absolute atomic E-state index is 0.297. The molecule has 2 rings (SSSR count). The summed E-state index contributed by atoms with van der Waals surface area (Å²) in [7, 11) is 0. The van der Waals surface area contributed by atoms with Crippen LogP contribution < -0.4 is 16.0 Å². The minimum atomic E-state index is -4.72. The Labute approximate surface area is 106 Å². The number of alkyl halides is 3. The third kappa shape index (κ3) is 3.49. The molecule has 0 bridgehead atoms. The zero-order valence-electron chi connectivity index (χ0n) is 9.65. The predicted octanol–water partition coefficient (Wildman–Crippen LogP) is 2.73. The minimum Gasteiger partial charge on any atom is -0.472 e. The van der Waals surface area contributed by atoms with Crippen LogP contribution in [0.4, 0.5) is 13.2 Å². The Morgan fingerprint density at radius 2 is 2.00 bits per heavy atom. The fourth-order valence-corrected chi connectivity index (χ4v) is 1.72. The molecule has 1 atom stereocenters. The van der Waals surface area contributed by atoms with Crippen LogP contribution in [-0.4, -0.2) is 6.36 Å². The van der Waals surface area contributed by atoms with E-state index in [1.165, 1.54) is 30.7 Å². The third-order valence-corrected chi connectivity index (χ3v) is 2.47. The monoisotopic (exact) mass is 272 g/mol. The van der Waals surface area contributed by atoms with Gasteiger partial charge in [-0.25, -0.2) is 5.43 Å². The first-order valence-electron chi connectivity index (χ1n) is 5.33. The molecule has 1 unspecified atom stereocenters. The fraction of sp³-hybridized carbons (Fsp3) is 0.167. The number of nitrogens with one attached hydrogen (secondary N) is 1. The van der Waals surface area contributed by atoms with E-state index in [0.717, 1.165) is 0 Å². The van der Waals surface area contributed by atoms with Gasteiger partial charge in [-0.15, -0.1) is 13.2 Å². The van der Waals surface area contributed by atoms with Crippen LogP contribution in [-0.2, 0) is 0 Å². The Morgan fingerprint density at radius 1 is 1.21 bits per heavy atom. The van der Waals surface area contributed by atoms with Gasteiger partial charge in [0.1, 0.15) is 5.75 Å². The average molecular weight is 272 g/mol. The molecule has 19 heavy (non-hydrogen) atoms. The first-order valence-corrected chi connectivity index (χ1v) is 5.33. The molecular formula is C12H11F3N2O2. The second-order valence-corrected chi connectivity index (χ2v) is 3.78. The van der Waals surface area contributed by atoms with Gasteiger partial charge in [0.05, 0.1) is 18.6 Å². The van der Waals surface area contributed by atoms with E-state index in [1.54, 1.807) is 12.1 Å². The van der Waals surface area contributed by atoms with Crippen molar-refractivity contribution >= 4 is 0 Å². The number of ether oxygens (including phenoxy) is 1. The highest BCUT2D eigenvalue weighted by molar-refractivity contribution is 5.35. The highest BCUT2D eigenvalue weighted by atomic mass is 19.4. The van der Waals surface area contributed by atoms with Gasteiger partial charge in [-0.1, -0.05) is 12.1 Å². The van der Waals surface area contributed by atoms with Crippen LogP contribution in [0.5, 0.6) is 5.75 Å². The number of hydrogen-bond acceptors (Lipinski definition) is 4. The number of rotatable bonds is 4. The first-order chi connectivity index (χ1) is 8.99. The summed E-state index contributed by atoms with van der Waals surface area (Å²) < 4.78 is 45.2. The Balaban J connectivity index is 2.27. The van der Waals surface area contributed by atoms with Gasteiger partial charge < -0.3 is 9.15 Å². The molecule has 102 valence electrons. The SMILES string of the molecule is NNC(c1ccoc1)c1cccc(OC(F)(F)F)c1. The topological polar surface area (TPSA) is 60.4 Å². The van der Waals surface area contributed by atoms with Crippen molar-refractivity contribution in [2.45, 2.75) is 12.4 Å². The molecular weight excluding hydrogens is 261 g/mol. The molecule has 0 radical (unpaired) electrons. The molecule has 1 heterocycles. The number of halogens is 3. The van der Waals surface area contributed by atoms with Crippen LogP contribution >= 0.6 is 0 Å². The van der Waals surface area contributed by atoms with Gasteiger partial charge in [-0.3, -0.25) is 5.84 Å². The molecule has 0 spiro atoms. The van der Waals surface area contributed by atoms with Crippen LogP contribution in [0.2, 0.25) is 0 Å². The molecule has 4 nitrogen and oxygen atoms in total. The third-order valence-electron chi connectivity index (χ3n) is 2.47. The molecule has 0 amide bonds. The van der Waals surface area contributed by atoms with Crippen LogP contribution in [0.3, 0.4) is 0 Å². The number of nitrogens with two attached hydrogens (primary N) is 1. The zero-order chi connectivity index (χ0) is 13.9. The summed E-state index contributed by atoms with van der Waals surface area (Å²) in [4.78, 5) is 0. The Morgan fingerprint density at radius 3 is 2.58 bits per heavy atom. The summed E-state index contributed by atoms with van der Waals surface area (Å²) in [6.45, 7) is 0. The second kappa shape index (κ2) is 5.33. The lowest BCUT2D eigenvalue weighted by Crippen LogP contribution is -2.28. The lowest BCUT2D eigenvalue weighted by Gasteiger charge is -2.16. The predicted molar refractivity (Wildman–Crippen MR) is 61.0 cm³/mol. The maximum absolute atomic E-state index is 12.2. The summed E-state index contributed by atoms with van der Waals surface area (Å²) in [6.07, 6.45) is -1.81. The maximum Gasteiger partial charge on any atom is 0.573 e. The summed E-state index contributed by atoms with van der Waals surface area (Å²) >= 11 is 0. The van der Waals surface area contributed by atoms with Gasteiger partial charge in [-0.2, -0.15) is 0 Å². The molecule has 0 fully saturated rings. The van der Waals surface area contributed by atoms with E-state index in [4.69, 9.17) is 10.3 Å². The number of furan rings is 1. The van der Waals surface area contributed by atoms with Crippen molar-refractivity contribution in [2.75, 3.05) is 0 Å². The van der Waals surface area contributed by atoms with E-state index < -0.39 is 12.4 Å². The van der Waals surface area contributed by atoms with E-state index in [-0.39, 0.29) is 5.75 Å². The quantitative estimate of drug-likeness (QED) is 0.663. The van der Waals surface area contributed by atoms with Gasteiger partial charge in [-0.05, 0) is 23.8 Å². The van der Waals surface area contributed by atoms with E-state index in [2.05, 4.69) is 10.2 Å². The lowest BCUT2D eigenvalue weighted by molar-refractivity contribution is -0.274. The van der Waals surface area contributed by atoms with Crippen molar-refractivity contribution in [1.29, 1.82) is 0 Å². The normalized spacial score (nSPS) is 13.3. The van der Waals surface area contributed by atoms with Crippen molar-refractivity contribution in [1.82, 2.24) is 5.43 Å². The highest BCUT2D eigenvalue weighted by Gasteiger charge is 2.31. The molecule has 1 aromatic carbocycles. The van der Waals surface area contributed by atoms with Crippen molar-refractivity contribution in [3.63, 3.8) is 0 Å². The Kier molecular flexibility index (Phi) is 3.77. The van der Waals surface area contributed by atoms with E-state index in [0.29, 0.717) is 11.1 Å². The van der Waals surface area contributed by atoms with Gasteiger partial charge in [0, 0.05) is 5.56 Å². The standard InChI is InChI=1S/C12H11F3N2O2/c13-12(14,15)19-10-3-1-2-8(6-10)11(17-16)9-4-5-18-7-9/h1-7,11,17H,16H2.